The SMILES string of the molecule is NC(Cc1cccc(F)c1Br)c1cc(F)cc(F)c1. The van der Waals surface area contributed by atoms with Crippen LogP contribution in [0, 0.1) is 17.5 Å². The number of hydrogen-bond acceptors (Lipinski definition) is 1. The minimum absolute atomic E-state index is 0.279. The predicted octanol–water partition coefficient (Wildman–Crippen LogP) is 4.11. The maximum atomic E-state index is 13.4. The average Bonchev–Trinajstić information content (AvgIpc) is 2.33. The van der Waals surface area contributed by atoms with Crippen LogP contribution >= 0.6 is 15.9 Å². The molecule has 2 N–H and O–H groups in total. The van der Waals surface area contributed by atoms with Crippen molar-refractivity contribution in [3.05, 3.63) is 69.4 Å². The van der Waals surface area contributed by atoms with Gasteiger partial charge >= 0.3 is 0 Å². The lowest BCUT2D eigenvalue weighted by atomic mass is 9.99. The first-order valence-corrected chi connectivity index (χ1v) is 6.41. The second-order valence-electron chi connectivity index (χ2n) is 4.23. The lowest BCUT2D eigenvalue weighted by Gasteiger charge is -2.14. The van der Waals surface area contributed by atoms with Crippen molar-refractivity contribution >= 4 is 15.9 Å². The van der Waals surface area contributed by atoms with Gasteiger partial charge in [-0.15, -0.1) is 0 Å². The van der Waals surface area contributed by atoms with E-state index in [1.807, 2.05) is 0 Å². The van der Waals surface area contributed by atoms with Crippen molar-refractivity contribution in [1.82, 2.24) is 0 Å². The van der Waals surface area contributed by atoms with Crippen molar-refractivity contribution in [2.45, 2.75) is 12.5 Å². The van der Waals surface area contributed by atoms with Crippen LogP contribution in [0.3, 0.4) is 0 Å². The molecule has 0 aromatic heterocycles. The number of halogens is 4. The Morgan fingerprint density at radius 2 is 1.68 bits per heavy atom. The first-order valence-electron chi connectivity index (χ1n) is 5.62. The maximum absolute atomic E-state index is 13.4. The monoisotopic (exact) mass is 329 g/mol. The van der Waals surface area contributed by atoms with Gasteiger partial charge in [-0.2, -0.15) is 0 Å². The third-order valence-electron chi connectivity index (χ3n) is 2.78. The van der Waals surface area contributed by atoms with Gasteiger partial charge < -0.3 is 5.73 Å². The summed E-state index contributed by atoms with van der Waals surface area (Å²) in [5.41, 5.74) is 6.90. The topological polar surface area (TPSA) is 26.0 Å². The van der Waals surface area contributed by atoms with Gasteiger partial charge in [-0.1, -0.05) is 12.1 Å². The standard InChI is InChI=1S/C14H11BrF3N/c15-14-8(2-1-3-12(14)18)6-13(19)9-4-10(16)7-11(17)5-9/h1-5,7,13H,6,19H2. The molecule has 0 aliphatic rings. The minimum Gasteiger partial charge on any atom is -0.324 e. The van der Waals surface area contributed by atoms with Gasteiger partial charge in [0.15, 0.2) is 0 Å². The molecule has 0 radical (unpaired) electrons. The van der Waals surface area contributed by atoms with Crippen LogP contribution in [0.2, 0.25) is 0 Å². The van der Waals surface area contributed by atoms with Gasteiger partial charge in [0, 0.05) is 12.1 Å². The highest BCUT2D eigenvalue weighted by Crippen LogP contribution is 2.25. The van der Waals surface area contributed by atoms with Crippen molar-refractivity contribution in [3.8, 4) is 0 Å². The van der Waals surface area contributed by atoms with E-state index in [1.54, 1.807) is 12.1 Å². The summed E-state index contributed by atoms with van der Waals surface area (Å²) >= 11 is 3.13. The summed E-state index contributed by atoms with van der Waals surface area (Å²) in [4.78, 5) is 0. The Hall–Kier alpha value is -1.33. The van der Waals surface area contributed by atoms with E-state index in [2.05, 4.69) is 15.9 Å². The van der Waals surface area contributed by atoms with Crippen LogP contribution in [0.1, 0.15) is 17.2 Å². The molecule has 2 aromatic carbocycles. The molecular formula is C14H11BrF3N. The largest absolute Gasteiger partial charge is 0.324 e. The molecule has 0 saturated carbocycles. The Labute approximate surface area is 117 Å². The van der Waals surface area contributed by atoms with E-state index < -0.39 is 23.5 Å². The summed E-state index contributed by atoms with van der Waals surface area (Å²) in [7, 11) is 0. The van der Waals surface area contributed by atoms with E-state index in [-0.39, 0.29) is 6.42 Å². The third-order valence-corrected chi connectivity index (χ3v) is 3.67. The molecular weight excluding hydrogens is 319 g/mol. The summed E-state index contributed by atoms with van der Waals surface area (Å²) in [5, 5.41) is 0. The van der Waals surface area contributed by atoms with E-state index in [0.717, 1.165) is 6.07 Å². The zero-order valence-corrected chi connectivity index (χ0v) is 11.4. The Kier molecular flexibility index (Phi) is 4.27. The Morgan fingerprint density at radius 1 is 1.05 bits per heavy atom. The fourth-order valence-corrected chi connectivity index (χ4v) is 2.28. The number of rotatable bonds is 3. The molecule has 100 valence electrons. The summed E-state index contributed by atoms with van der Waals surface area (Å²) in [6, 6.07) is 7.14. The van der Waals surface area contributed by atoms with E-state index in [9.17, 15) is 13.2 Å². The molecule has 19 heavy (non-hydrogen) atoms. The Balaban J connectivity index is 2.25. The summed E-state index contributed by atoms with van der Waals surface area (Å²) in [6.07, 6.45) is 0.279. The maximum Gasteiger partial charge on any atom is 0.137 e. The van der Waals surface area contributed by atoms with Gasteiger partial charge in [0.25, 0.3) is 0 Å². The van der Waals surface area contributed by atoms with Crippen LogP contribution in [0.15, 0.2) is 40.9 Å². The Morgan fingerprint density at radius 3 is 2.32 bits per heavy atom. The normalized spacial score (nSPS) is 12.5. The molecule has 1 nitrogen and oxygen atoms in total. The molecule has 0 heterocycles. The molecule has 0 amide bonds. The molecule has 0 fully saturated rings. The molecule has 2 aromatic rings. The smallest absolute Gasteiger partial charge is 0.137 e. The molecule has 1 atom stereocenters. The summed E-state index contributed by atoms with van der Waals surface area (Å²) in [6.45, 7) is 0. The fraction of sp³-hybridized carbons (Fsp3) is 0.143. The lowest BCUT2D eigenvalue weighted by molar-refractivity contribution is 0.571. The van der Waals surface area contributed by atoms with Gasteiger partial charge in [0.1, 0.15) is 17.5 Å². The summed E-state index contributed by atoms with van der Waals surface area (Å²) in [5.74, 6) is -1.75. The second-order valence-corrected chi connectivity index (χ2v) is 5.02. The van der Waals surface area contributed by atoms with Crippen molar-refractivity contribution in [3.63, 3.8) is 0 Å². The highest BCUT2D eigenvalue weighted by Gasteiger charge is 2.13. The molecule has 0 saturated heterocycles. The van der Waals surface area contributed by atoms with E-state index in [1.165, 1.54) is 18.2 Å². The quantitative estimate of drug-likeness (QED) is 0.901. The van der Waals surface area contributed by atoms with Crippen molar-refractivity contribution in [2.24, 2.45) is 5.73 Å². The van der Waals surface area contributed by atoms with Crippen LogP contribution in [-0.2, 0) is 6.42 Å². The van der Waals surface area contributed by atoms with Crippen LogP contribution in [-0.4, -0.2) is 0 Å². The molecule has 0 aliphatic heterocycles. The van der Waals surface area contributed by atoms with Gasteiger partial charge in [-0.05, 0) is 51.7 Å². The van der Waals surface area contributed by atoms with Crippen LogP contribution in [0.4, 0.5) is 13.2 Å². The first kappa shape index (κ1) is 14.1. The van der Waals surface area contributed by atoms with E-state index in [0.29, 0.717) is 15.6 Å². The molecule has 5 heteroatoms. The molecule has 2 rings (SSSR count). The average molecular weight is 330 g/mol. The van der Waals surface area contributed by atoms with Crippen LogP contribution in [0.5, 0.6) is 0 Å². The predicted molar refractivity (Wildman–Crippen MR) is 71.1 cm³/mol. The van der Waals surface area contributed by atoms with Crippen molar-refractivity contribution in [2.75, 3.05) is 0 Å². The van der Waals surface area contributed by atoms with Gasteiger partial charge in [0.05, 0.1) is 4.47 Å². The molecule has 0 bridgehead atoms. The van der Waals surface area contributed by atoms with Gasteiger partial charge in [-0.25, -0.2) is 13.2 Å². The van der Waals surface area contributed by atoms with Crippen molar-refractivity contribution < 1.29 is 13.2 Å². The van der Waals surface area contributed by atoms with E-state index >= 15 is 0 Å². The highest BCUT2D eigenvalue weighted by atomic mass is 79.9. The molecule has 0 aliphatic carbocycles. The number of hydrogen-bond donors (Lipinski definition) is 1. The minimum atomic E-state index is -0.677. The molecule has 1 unspecified atom stereocenters. The first-order chi connectivity index (χ1) is 8.97. The lowest BCUT2D eigenvalue weighted by Crippen LogP contribution is -2.14. The number of nitrogens with two attached hydrogens (primary N) is 1. The number of benzene rings is 2. The van der Waals surface area contributed by atoms with Crippen LogP contribution in [0.25, 0.3) is 0 Å². The fourth-order valence-electron chi connectivity index (χ4n) is 1.85. The zero-order chi connectivity index (χ0) is 14.0. The van der Waals surface area contributed by atoms with E-state index in [4.69, 9.17) is 5.73 Å². The van der Waals surface area contributed by atoms with Gasteiger partial charge in [0.2, 0.25) is 0 Å². The molecule has 0 spiro atoms. The van der Waals surface area contributed by atoms with Crippen molar-refractivity contribution in [1.29, 1.82) is 0 Å². The van der Waals surface area contributed by atoms with Crippen LogP contribution < -0.4 is 5.73 Å². The zero-order valence-electron chi connectivity index (χ0n) is 9.84. The van der Waals surface area contributed by atoms with Gasteiger partial charge in [-0.3, -0.25) is 0 Å². The Bertz CT molecular complexity index is 581. The summed E-state index contributed by atoms with van der Waals surface area (Å²) < 4.78 is 39.9. The highest BCUT2D eigenvalue weighted by molar-refractivity contribution is 9.10. The third kappa shape index (κ3) is 3.36. The second kappa shape index (κ2) is 5.75.